The van der Waals surface area contributed by atoms with Gasteiger partial charge >= 0.3 is 5.97 Å². The average Bonchev–Trinajstić information content (AvgIpc) is 2.53. The zero-order valence-electron chi connectivity index (χ0n) is 11.8. The molecule has 21 heavy (non-hydrogen) atoms. The molecule has 2 rings (SSSR count). The van der Waals surface area contributed by atoms with Crippen LogP contribution in [-0.4, -0.2) is 19.2 Å². The molecule has 0 aliphatic carbocycles. The minimum atomic E-state index is -0.379. The number of ether oxygens (including phenoxy) is 2. The Labute approximate surface area is 124 Å². The van der Waals surface area contributed by atoms with E-state index in [-0.39, 0.29) is 12.6 Å². The van der Waals surface area contributed by atoms with Gasteiger partial charge in [0.15, 0.2) is 0 Å². The second-order valence-corrected chi connectivity index (χ2v) is 4.56. The van der Waals surface area contributed by atoms with Crippen molar-refractivity contribution in [2.75, 3.05) is 13.2 Å². The maximum absolute atomic E-state index is 11.8. The van der Waals surface area contributed by atoms with Crippen LogP contribution in [0.3, 0.4) is 0 Å². The quantitative estimate of drug-likeness (QED) is 0.443. The van der Waals surface area contributed by atoms with Gasteiger partial charge in [-0.1, -0.05) is 55.1 Å². The number of hydrogen-bond donors (Lipinski definition) is 0. The number of esters is 1. The molecule has 0 unspecified atom stereocenters. The van der Waals surface area contributed by atoms with Gasteiger partial charge < -0.3 is 9.47 Å². The standard InChI is InChI=1S/C18H18O3/c1-15(14-16-8-4-2-5-9-16)18(19)21-13-12-20-17-10-6-3-7-11-17/h2-11H,1,12-14H2. The van der Waals surface area contributed by atoms with Gasteiger partial charge in [-0.15, -0.1) is 0 Å². The molecular weight excluding hydrogens is 264 g/mol. The zero-order valence-corrected chi connectivity index (χ0v) is 11.8. The third kappa shape index (κ3) is 5.15. The second-order valence-electron chi connectivity index (χ2n) is 4.56. The molecule has 0 radical (unpaired) electrons. The zero-order chi connectivity index (χ0) is 14.9. The van der Waals surface area contributed by atoms with E-state index in [1.165, 1.54) is 0 Å². The maximum atomic E-state index is 11.8. The number of carbonyl (C=O) groups excluding carboxylic acids is 1. The van der Waals surface area contributed by atoms with Crippen molar-refractivity contribution in [1.29, 1.82) is 0 Å². The number of hydrogen-bond acceptors (Lipinski definition) is 3. The van der Waals surface area contributed by atoms with Crippen LogP contribution in [0.15, 0.2) is 72.8 Å². The van der Waals surface area contributed by atoms with Crippen LogP contribution in [-0.2, 0) is 16.0 Å². The van der Waals surface area contributed by atoms with E-state index in [0.29, 0.717) is 18.6 Å². The monoisotopic (exact) mass is 282 g/mol. The van der Waals surface area contributed by atoms with Crippen LogP contribution < -0.4 is 4.74 Å². The van der Waals surface area contributed by atoms with E-state index in [1.54, 1.807) is 0 Å². The predicted molar refractivity (Wildman–Crippen MR) is 82.2 cm³/mol. The number of benzene rings is 2. The first-order valence-corrected chi connectivity index (χ1v) is 6.82. The van der Waals surface area contributed by atoms with Crippen LogP contribution in [0.1, 0.15) is 5.56 Å². The number of para-hydroxylation sites is 1. The summed E-state index contributed by atoms with van der Waals surface area (Å²) in [5, 5.41) is 0. The van der Waals surface area contributed by atoms with Gasteiger partial charge in [-0.25, -0.2) is 4.79 Å². The van der Waals surface area contributed by atoms with Crippen LogP contribution in [0.25, 0.3) is 0 Å². The summed E-state index contributed by atoms with van der Waals surface area (Å²) in [5.74, 6) is 0.382. The van der Waals surface area contributed by atoms with E-state index in [2.05, 4.69) is 6.58 Å². The highest BCUT2D eigenvalue weighted by Crippen LogP contribution is 2.09. The Hall–Kier alpha value is -2.55. The molecule has 0 aliphatic heterocycles. The Morgan fingerprint density at radius 3 is 2.19 bits per heavy atom. The minimum Gasteiger partial charge on any atom is -0.490 e. The van der Waals surface area contributed by atoms with E-state index in [1.807, 2.05) is 60.7 Å². The molecule has 2 aromatic carbocycles. The lowest BCUT2D eigenvalue weighted by molar-refractivity contribution is -0.139. The predicted octanol–water partition coefficient (Wildman–Crippen LogP) is 3.41. The fraction of sp³-hybridized carbons (Fsp3) is 0.167. The molecular formula is C18H18O3. The molecule has 0 spiro atoms. The molecule has 0 fully saturated rings. The van der Waals surface area contributed by atoms with Crippen LogP contribution in [0.4, 0.5) is 0 Å². The lowest BCUT2D eigenvalue weighted by Crippen LogP contribution is -2.14. The summed E-state index contributed by atoms with van der Waals surface area (Å²) in [7, 11) is 0. The molecule has 0 amide bonds. The first-order chi connectivity index (χ1) is 10.3. The van der Waals surface area contributed by atoms with Crippen molar-refractivity contribution in [3.05, 3.63) is 78.4 Å². The molecule has 2 aromatic rings. The summed E-state index contributed by atoms with van der Waals surface area (Å²) >= 11 is 0. The average molecular weight is 282 g/mol. The molecule has 3 heteroatoms. The van der Waals surface area contributed by atoms with Crippen LogP contribution in [0, 0.1) is 0 Å². The Kier molecular flexibility index (Phi) is 5.59. The molecule has 3 nitrogen and oxygen atoms in total. The largest absolute Gasteiger partial charge is 0.490 e. The van der Waals surface area contributed by atoms with Crippen LogP contribution >= 0.6 is 0 Å². The lowest BCUT2D eigenvalue weighted by atomic mass is 10.1. The molecule has 108 valence electrons. The SMILES string of the molecule is C=C(Cc1ccccc1)C(=O)OCCOc1ccccc1. The molecule has 0 heterocycles. The minimum absolute atomic E-state index is 0.210. The van der Waals surface area contributed by atoms with Gasteiger partial charge in [0.2, 0.25) is 0 Å². The third-order valence-electron chi connectivity index (χ3n) is 2.88. The van der Waals surface area contributed by atoms with Crippen molar-refractivity contribution < 1.29 is 14.3 Å². The fourth-order valence-electron chi connectivity index (χ4n) is 1.83. The van der Waals surface area contributed by atoms with Crippen LogP contribution in [0.5, 0.6) is 5.75 Å². The Morgan fingerprint density at radius 2 is 1.52 bits per heavy atom. The van der Waals surface area contributed by atoms with Crippen molar-refractivity contribution in [2.45, 2.75) is 6.42 Å². The number of carbonyl (C=O) groups is 1. The first kappa shape index (κ1) is 14.9. The second kappa shape index (κ2) is 7.90. The highest BCUT2D eigenvalue weighted by molar-refractivity contribution is 5.88. The molecule has 0 aliphatic rings. The topological polar surface area (TPSA) is 35.5 Å². The van der Waals surface area contributed by atoms with E-state index in [9.17, 15) is 4.79 Å². The lowest BCUT2D eigenvalue weighted by Gasteiger charge is -2.08. The fourth-order valence-corrected chi connectivity index (χ4v) is 1.83. The molecule has 0 bridgehead atoms. The van der Waals surface area contributed by atoms with Gasteiger partial charge in [0, 0.05) is 12.0 Å². The first-order valence-electron chi connectivity index (χ1n) is 6.82. The van der Waals surface area contributed by atoms with Gasteiger partial charge in [-0.2, -0.15) is 0 Å². The summed E-state index contributed by atoms with van der Waals surface area (Å²) in [6.07, 6.45) is 0.499. The highest BCUT2D eigenvalue weighted by Gasteiger charge is 2.09. The van der Waals surface area contributed by atoms with Gasteiger partial charge in [-0.05, 0) is 17.7 Å². The van der Waals surface area contributed by atoms with E-state index < -0.39 is 0 Å². The molecule has 0 saturated heterocycles. The van der Waals surface area contributed by atoms with Gasteiger partial charge in [-0.3, -0.25) is 0 Å². The van der Waals surface area contributed by atoms with Crippen molar-refractivity contribution >= 4 is 5.97 Å². The van der Waals surface area contributed by atoms with Crippen LogP contribution in [0.2, 0.25) is 0 Å². The summed E-state index contributed by atoms with van der Waals surface area (Å²) < 4.78 is 10.6. The molecule has 0 N–H and O–H groups in total. The van der Waals surface area contributed by atoms with Gasteiger partial charge in [0.25, 0.3) is 0 Å². The number of rotatable bonds is 7. The van der Waals surface area contributed by atoms with Crippen molar-refractivity contribution in [1.82, 2.24) is 0 Å². The molecule has 0 aromatic heterocycles. The van der Waals surface area contributed by atoms with Crippen molar-refractivity contribution in [3.8, 4) is 5.75 Å². The summed E-state index contributed by atoms with van der Waals surface area (Å²) in [5.41, 5.74) is 1.49. The van der Waals surface area contributed by atoms with E-state index in [0.717, 1.165) is 11.3 Å². The summed E-state index contributed by atoms with van der Waals surface area (Å²) in [4.78, 5) is 11.8. The Bertz CT molecular complexity index is 576. The summed E-state index contributed by atoms with van der Waals surface area (Å²) in [6, 6.07) is 19.1. The van der Waals surface area contributed by atoms with Gasteiger partial charge in [0.1, 0.15) is 19.0 Å². The Balaban J connectivity index is 1.68. The van der Waals surface area contributed by atoms with E-state index >= 15 is 0 Å². The molecule has 0 saturated carbocycles. The van der Waals surface area contributed by atoms with E-state index in [4.69, 9.17) is 9.47 Å². The maximum Gasteiger partial charge on any atom is 0.333 e. The summed E-state index contributed by atoms with van der Waals surface area (Å²) in [6.45, 7) is 4.31. The smallest absolute Gasteiger partial charge is 0.333 e. The highest BCUT2D eigenvalue weighted by atomic mass is 16.6. The van der Waals surface area contributed by atoms with Gasteiger partial charge in [0.05, 0.1) is 0 Å². The van der Waals surface area contributed by atoms with Crippen molar-refractivity contribution in [3.63, 3.8) is 0 Å². The van der Waals surface area contributed by atoms with Crippen molar-refractivity contribution in [2.24, 2.45) is 0 Å². The third-order valence-corrected chi connectivity index (χ3v) is 2.88. The Morgan fingerprint density at radius 1 is 0.905 bits per heavy atom. The normalized spacial score (nSPS) is 9.90. The molecule has 0 atom stereocenters.